The minimum atomic E-state index is -0.485. The molecular weight excluding hydrogens is 206 g/mol. The van der Waals surface area contributed by atoms with Crippen LogP contribution in [0.5, 0.6) is 11.5 Å². The van der Waals surface area contributed by atoms with Crippen molar-refractivity contribution in [1.82, 2.24) is 5.32 Å². The second kappa shape index (κ2) is 6.00. The van der Waals surface area contributed by atoms with Gasteiger partial charge in [0.2, 0.25) is 0 Å². The number of ether oxygens (including phenoxy) is 2. The van der Waals surface area contributed by atoms with E-state index in [0.29, 0.717) is 17.9 Å². The maximum atomic E-state index is 11.5. The zero-order chi connectivity index (χ0) is 12.0. The zero-order valence-corrected chi connectivity index (χ0v) is 9.82. The summed E-state index contributed by atoms with van der Waals surface area (Å²) in [6, 6.07) is 7.28. The van der Waals surface area contributed by atoms with Crippen molar-refractivity contribution in [3.05, 3.63) is 24.3 Å². The van der Waals surface area contributed by atoms with Crippen LogP contribution in [0.2, 0.25) is 0 Å². The van der Waals surface area contributed by atoms with Gasteiger partial charge in [-0.1, -0.05) is 19.1 Å². The number of amides is 1. The molecule has 0 spiro atoms. The van der Waals surface area contributed by atoms with Crippen LogP contribution in [-0.4, -0.2) is 26.2 Å². The highest BCUT2D eigenvalue weighted by atomic mass is 16.5. The molecule has 0 aromatic heterocycles. The second-order valence-corrected chi connectivity index (χ2v) is 3.28. The minimum absolute atomic E-state index is 0.131. The number of carbonyl (C=O) groups excluding carboxylic acids is 1. The molecule has 0 saturated heterocycles. The number of para-hydroxylation sites is 2. The number of carbonyl (C=O) groups is 1. The molecule has 1 aromatic rings. The van der Waals surface area contributed by atoms with E-state index in [1.165, 1.54) is 0 Å². The van der Waals surface area contributed by atoms with Crippen molar-refractivity contribution >= 4 is 5.91 Å². The molecule has 0 bridgehead atoms. The quantitative estimate of drug-likeness (QED) is 0.824. The molecule has 0 radical (unpaired) electrons. The molecular formula is C12H17NO3. The largest absolute Gasteiger partial charge is 0.493 e. The number of hydrogen-bond donors (Lipinski definition) is 1. The molecule has 0 fully saturated rings. The van der Waals surface area contributed by atoms with Gasteiger partial charge in [0, 0.05) is 7.05 Å². The van der Waals surface area contributed by atoms with Crippen LogP contribution >= 0.6 is 0 Å². The first-order valence-corrected chi connectivity index (χ1v) is 5.24. The van der Waals surface area contributed by atoms with Gasteiger partial charge in [-0.2, -0.15) is 0 Å². The third-order valence-corrected chi connectivity index (χ3v) is 2.25. The smallest absolute Gasteiger partial charge is 0.260 e. The van der Waals surface area contributed by atoms with Crippen molar-refractivity contribution in [2.75, 3.05) is 14.2 Å². The fourth-order valence-corrected chi connectivity index (χ4v) is 1.35. The highest BCUT2D eigenvalue weighted by Gasteiger charge is 2.18. The van der Waals surface area contributed by atoms with Crippen LogP contribution in [0.1, 0.15) is 13.3 Å². The number of hydrogen-bond acceptors (Lipinski definition) is 3. The Morgan fingerprint density at radius 3 is 2.50 bits per heavy atom. The molecule has 1 amide bonds. The van der Waals surface area contributed by atoms with Crippen LogP contribution in [0.3, 0.4) is 0 Å². The Balaban J connectivity index is 2.81. The fourth-order valence-electron chi connectivity index (χ4n) is 1.35. The lowest BCUT2D eigenvalue weighted by molar-refractivity contribution is -0.127. The maximum Gasteiger partial charge on any atom is 0.260 e. The van der Waals surface area contributed by atoms with Gasteiger partial charge in [-0.15, -0.1) is 0 Å². The van der Waals surface area contributed by atoms with E-state index < -0.39 is 6.10 Å². The zero-order valence-electron chi connectivity index (χ0n) is 9.82. The van der Waals surface area contributed by atoms with Gasteiger partial charge in [0.15, 0.2) is 17.6 Å². The number of nitrogens with one attached hydrogen (secondary N) is 1. The van der Waals surface area contributed by atoms with E-state index >= 15 is 0 Å². The number of rotatable bonds is 5. The third kappa shape index (κ3) is 2.89. The van der Waals surface area contributed by atoms with Gasteiger partial charge in [-0.3, -0.25) is 4.79 Å². The molecule has 1 atom stereocenters. The maximum absolute atomic E-state index is 11.5. The van der Waals surface area contributed by atoms with Gasteiger partial charge in [0.25, 0.3) is 5.91 Å². The minimum Gasteiger partial charge on any atom is -0.493 e. The van der Waals surface area contributed by atoms with E-state index in [9.17, 15) is 4.79 Å². The normalized spacial score (nSPS) is 11.7. The van der Waals surface area contributed by atoms with Crippen molar-refractivity contribution in [2.45, 2.75) is 19.4 Å². The van der Waals surface area contributed by atoms with E-state index in [-0.39, 0.29) is 5.91 Å². The summed E-state index contributed by atoms with van der Waals surface area (Å²) in [7, 11) is 3.17. The van der Waals surface area contributed by atoms with E-state index in [2.05, 4.69) is 5.32 Å². The summed E-state index contributed by atoms with van der Waals surface area (Å²) in [5.41, 5.74) is 0. The first-order chi connectivity index (χ1) is 7.72. The van der Waals surface area contributed by atoms with Gasteiger partial charge >= 0.3 is 0 Å². The molecule has 1 N–H and O–H groups in total. The van der Waals surface area contributed by atoms with Crippen LogP contribution in [-0.2, 0) is 4.79 Å². The molecule has 1 aromatic carbocycles. The molecule has 0 saturated carbocycles. The SMILES string of the molecule is CCC(Oc1ccccc1OC)C(=O)NC. The van der Waals surface area contributed by atoms with Crippen molar-refractivity contribution in [2.24, 2.45) is 0 Å². The van der Waals surface area contributed by atoms with Gasteiger partial charge in [0.05, 0.1) is 7.11 Å². The first kappa shape index (κ1) is 12.4. The summed E-state index contributed by atoms with van der Waals surface area (Å²) >= 11 is 0. The molecule has 0 aliphatic carbocycles. The molecule has 0 aliphatic heterocycles. The first-order valence-electron chi connectivity index (χ1n) is 5.24. The highest BCUT2D eigenvalue weighted by molar-refractivity contribution is 5.80. The van der Waals surface area contributed by atoms with E-state index in [0.717, 1.165) is 0 Å². The van der Waals surface area contributed by atoms with Gasteiger partial charge in [-0.05, 0) is 18.6 Å². The lowest BCUT2D eigenvalue weighted by Crippen LogP contribution is -2.35. The average molecular weight is 223 g/mol. The van der Waals surface area contributed by atoms with Crippen molar-refractivity contribution in [1.29, 1.82) is 0 Å². The number of likely N-dealkylation sites (N-methyl/N-ethyl adjacent to an activating group) is 1. The van der Waals surface area contributed by atoms with Crippen LogP contribution in [0, 0.1) is 0 Å². The van der Waals surface area contributed by atoms with Crippen molar-refractivity contribution in [3.63, 3.8) is 0 Å². The molecule has 4 heteroatoms. The Kier molecular flexibility index (Phi) is 4.64. The summed E-state index contributed by atoms with van der Waals surface area (Å²) in [6.45, 7) is 1.90. The lowest BCUT2D eigenvalue weighted by Gasteiger charge is -2.17. The summed E-state index contributed by atoms with van der Waals surface area (Å²) in [6.07, 6.45) is 0.124. The standard InChI is InChI=1S/C12H17NO3/c1-4-9(12(14)13-2)16-11-8-6-5-7-10(11)15-3/h5-9H,4H2,1-3H3,(H,13,14). The third-order valence-electron chi connectivity index (χ3n) is 2.25. The molecule has 1 unspecified atom stereocenters. The topological polar surface area (TPSA) is 47.6 Å². The molecule has 0 aliphatic rings. The molecule has 4 nitrogen and oxygen atoms in total. The van der Waals surface area contributed by atoms with E-state index in [1.54, 1.807) is 26.3 Å². The number of benzene rings is 1. The second-order valence-electron chi connectivity index (χ2n) is 3.28. The van der Waals surface area contributed by atoms with Gasteiger partial charge in [0.1, 0.15) is 0 Å². The van der Waals surface area contributed by atoms with Gasteiger partial charge < -0.3 is 14.8 Å². The Labute approximate surface area is 95.6 Å². The van der Waals surface area contributed by atoms with Gasteiger partial charge in [-0.25, -0.2) is 0 Å². The number of methoxy groups -OCH3 is 1. The Morgan fingerprint density at radius 2 is 2.00 bits per heavy atom. The lowest BCUT2D eigenvalue weighted by atomic mass is 10.2. The Morgan fingerprint density at radius 1 is 1.38 bits per heavy atom. The Hall–Kier alpha value is -1.71. The molecule has 88 valence electrons. The monoisotopic (exact) mass is 223 g/mol. The summed E-state index contributed by atoms with van der Waals surface area (Å²) in [5, 5.41) is 2.57. The predicted molar refractivity (Wildman–Crippen MR) is 61.8 cm³/mol. The van der Waals surface area contributed by atoms with Crippen LogP contribution in [0.25, 0.3) is 0 Å². The average Bonchev–Trinajstić information content (AvgIpc) is 2.35. The summed E-state index contributed by atoms with van der Waals surface area (Å²) in [5.74, 6) is 1.08. The van der Waals surface area contributed by atoms with Crippen LogP contribution in [0.4, 0.5) is 0 Å². The van der Waals surface area contributed by atoms with E-state index in [1.807, 2.05) is 19.1 Å². The van der Waals surface area contributed by atoms with E-state index in [4.69, 9.17) is 9.47 Å². The molecule has 16 heavy (non-hydrogen) atoms. The summed E-state index contributed by atoms with van der Waals surface area (Å²) < 4.78 is 10.7. The van der Waals surface area contributed by atoms with Crippen LogP contribution in [0.15, 0.2) is 24.3 Å². The summed E-state index contributed by atoms with van der Waals surface area (Å²) in [4.78, 5) is 11.5. The fraction of sp³-hybridized carbons (Fsp3) is 0.417. The molecule has 0 heterocycles. The van der Waals surface area contributed by atoms with Crippen molar-refractivity contribution < 1.29 is 14.3 Å². The predicted octanol–water partition coefficient (Wildman–Crippen LogP) is 1.60. The van der Waals surface area contributed by atoms with Crippen molar-refractivity contribution in [3.8, 4) is 11.5 Å². The Bertz CT molecular complexity index is 352. The highest BCUT2D eigenvalue weighted by Crippen LogP contribution is 2.27. The molecule has 1 rings (SSSR count). The van der Waals surface area contributed by atoms with Crippen LogP contribution < -0.4 is 14.8 Å².